The number of benzene rings is 1. The fourth-order valence-corrected chi connectivity index (χ4v) is 2.89. The van der Waals surface area contributed by atoms with E-state index in [0.29, 0.717) is 16.3 Å². The van der Waals surface area contributed by atoms with Gasteiger partial charge >= 0.3 is 0 Å². The Kier molecular flexibility index (Phi) is 3.33. The minimum absolute atomic E-state index is 0.354. The molecule has 19 heavy (non-hydrogen) atoms. The van der Waals surface area contributed by atoms with E-state index in [1.54, 1.807) is 6.07 Å². The molecule has 1 atom stereocenters. The van der Waals surface area contributed by atoms with Crippen molar-refractivity contribution in [3.8, 4) is 0 Å². The summed E-state index contributed by atoms with van der Waals surface area (Å²) in [5, 5.41) is 8.41. The van der Waals surface area contributed by atoms with E-state index in [9.17, 15) is 0 Å². The molecule has 1 unspecified atom stereocenters. The molecule has 0 saturated heterocycles. The number of hydrogen-bond donors (Lipinski definition) is 0. The molecule has 98 valence electrons. The second-order valence-electron chi connectivity index (χ2n) is 4.73. The predicted octanol–water partition coefficient (Wildman–Crippen LogP) is 4.26. The van der Waals surface area contributed by atoms with Gasteiger partial charge in [-0.2, -0.15) is 0 Å². The van der Waals surface area contributed by atoms with Crippen molar-refractivity contribution in [3.05, 3.63) is 46.2 Å². The third kappa shape index (κ3) is 2.28. The summed E-state index contributed by atoms with van der Waals surface area (Å²) < 4.78 is 0. The zero-order chi connectivity index (χ0) is 13.4. The van der Waals surface area contributed by atoms with Crippen LogP contribution in [0, 0.1) is 0 Å². The fraction of sp³-hybridized carbons (Fsp3) is 0.286. The van der Waals surface area contributed by atoms with Crippen molar-refractivity contribution in [1.82, 2.24) is 10.2 Å². The first kappa shape index (κ1) is 12.7. The van der Waals surface area contributed by atoms with E-state index in [4.69, 9.17) is 23.2 Å². The number of rotatable bonds is 1. The molecule has 0 bridgehead atoms. The monoisotopic (exact) mass is 293 g/mol. The Balaban J connectivity index is 2.16. The fourth-order valence-electron chi connectivity index (χ4n) is 2.57. The molecule has 1 aliphatic heterocycles. The summed E-state index contributed by atoms with van der Waals surface area (Å²) in [5.41, 5.74) is 3.32. The van der Waals surface area contributed by atoms with E-state index in [1.165, 1.54) is 11.3 Å². The number of anilines is 2. The lowest BCUT2D eigenvalue weighted by atomic mass is 9.96. The number of aromatic nitrogens is 2. The van der Waals surface area contributed by atoms with Gasteiger partial charge in [-0.05, 0) is 31.4 Å². The van der Waals surface area contributed by atoms with Crippen LogP contribution in [0.3, 0.4) is 0 Å². The van der Waals surface area contributed by atoms with Crippen molar-refractivity contribution in [3.63, 3.8) is 0 Å². The lowest BCUT2D eigenvalue weighted by Crippen LogP contribution is -2.33. The topological polar surface area (TPSA) is 29.0 Å². The van der Waals surface area contributed by atoms with Crippen LogP contribution in [0.15, 0.2) is 30.3 Å². The molecular weight excluding hydrogens is 281 g/mol. The summed E-state index contributed by atoms with van der Waals surface area (Å²) in [7, 11) is 0. The highest BCUT2D eigenvalue weighted by Crippen LogP contribution is 2.39. The highest BCUT2D eigenvalue weighted by Gasteiger charge is 2.26. The molecule has 3 rings (SSSR count). The Labute approximate surface area is 122 Å². The van der Waals surface area contributed by atoms with E-state index in [2.05, 4.69) is 40.2 Å². The van der Waals surface area contributed by atoms with Crippen LogP contribution < -0.4 is 4.90 Å². The van der Waals surface area contributed by atoms with Gasteiger partial charge < -0.3 is 4.90 Å². The van der Waals surface area contributed by atoms with E-state index >= 15 is 0 Å². The summed E-state index contributed by atoms with van der Waals surface area (Å²) in [6, 6.07) is 10.5. The summed E-state index contributed by atoms with van der Waals surface area (Å²) in [6.45, 7) is 2.18. The van der Waals surface area contributed by atoms with Crippen LogP contribution in [0.25, 0.3) is 0 Å². The van der Waals surface area contributed by atoms with Crippen molar-refractivity contribution < 1.29 is 0 Å². The molecule has 5 heteroatoms. The molecule has 2 heterocycles. The van der Waals surface area contributed by atoms with Gasteiger partial charge in [0.25, 0.3) is 0 Å². The summed E-state index contributed by atoms with van der Waals surface area (Å²) in [5.74, 6) is 0. The van der Waals surface area contributed by atoms with Crippen molar-refractivity contribution in [1.29, 1.82) is 0 Å². The largest absolute Gasteiger partial charge is 0.336 e. The van der Waals surface area contributed by atoms with Gasteiger partial charge in [-0.15, -0.1) is 10.2 Å². The lowest BCUT2D eigenvalue weighted by Gasteiger charge is -2.37. The third-order valence-corrected chi connectivity index (χ3v) is 3.94. The molecule has 3 nitrogen and oxygen atoms in total. The molecule has 1 aromatic carbocycles. The zero-order valence-electron chi connectivity index (χ0n) is 10.5. The maximum atomic E-state index is 6.19. The molecule has 1 aromatic heterocycles. The van der Waals surface area contributed by atoms with Crippen molar-refractivity contribution in [2.24, 2.45) is 0 Å². The Morgan fingerprint density at radius 3 is 2.79 bits per heavy atom. The maximum absolute atomic E-state index is 6.19. The number of hydrogen-bond acceptors (Lipinski definition) is 3. The summed E-state index contributed by atoms with van der Waals surface area (Å²) in [4.78, 5) is 2.20. The third-order valence-electron chi connectivity index (χ3n) is 3.48. The van der Waals surface area contributed by atoms with Gasteiger partial charge in [0.2, 0.25) is 0 Å². The summed E-state index contributed by atoms with van der Waals surface area (Å²) in [6.07, 6.45) is 2.16. The first-order chi connectivity index (χ1) is 9.16. The molecular formula is C14H13Cl2N3. The molecule has 0 aliphatic carbocycles. The average molecular weight is 294 g/mol. The number of fused-ring (bicyclic) bond motifs is 1. The Morgan fingerprint density at radius 2 is 1.95 bits per heavy atom. The molecule has 0 spiro atoms. The standard InChI is InChI=1S/C14H13Cl2N3/c1-9-6-7-10-4-2-3-5-11(10)19(9)12-8-13(15)17-18-14(12)16/h2-5,8-9H,6-7H2,1H3. The predicted molar refractivity (Wildman–Crippen MR) is 78.4 cm³/mol. The van der Waals surface area contributed by atoms with Crippen LogP contribution in [0.5, 0.6) is 0 Å². The van der Waals surface area contributed by atoms with Crippen LogP contribution in [-0.4, -0.2) is 16.2 Å². The molecule has 0 N–H and O–H groups in total. The minimum atomic E-state index is 0.354. The van der Waals surface area contributed by atoms with E-state index in [-0.39, 0.29) is 0 Å². The van der Waals surface area contributed by atoms with Crippen molar-refractivity contribution >= 4 is 34.6 Å². The van der Waals surface area contributed by atoms with Crippen LogP contribution in [-0.2, 0) is 6.42 Å². The Morgan fingerprint density at radius 1 is 1.16 bits per heavy atom. The highest BCUT2D eigenvalue weighted by atomic mass is 35.5. The highest BCUT2D eigenvalue weighted by molar-refractivity contribution is 6.33. The van der Waals surface area contributed by atoms with Crippen LogP contribution in [0.1, 0.15) is 18.9 Å². The molecule has 0 amide bonds. The maximum Gasteiger partial charge on any atom is 0.175 e. The first-order valence-electron chi connectivity index (χ1n) is 6.22. The minimum Gasteiger partial charge on any atom is -0.336 e. The molecule has 0 radical (unpaired) electrons. The normalized spacial score (nSPS) is 18.3. The second kappa shape index (κ2) is 4.99. The Hall–Kier alpha value is -1.32. The number of nitrogens with zero attached hydrogens (tertiary/aromatic N) is 3. The zero-order valence-corrected chi connectivity index (χ0v) is 12.0. The van der Waals surface area contributed by atoms with Crippen molar-refractivity contribution in [2.75, 3.05) is 4.90 Å². The first-order valence-corrected chi connectivity index (χ1v) is 6.98. The van der Waals surface area contributed by atoms with Gasteiger partial charge in [0.1, 0.15) is 0 Å². The second-order valence-corrected chi connectivity index (χ2v) is 5.47. The van der Waals surface area contributed by atoms with Crippen LogP contribution in [0.4, 0.5) is 11.4 Å². The molecule has 0 fully saturated rings. The van der Waals surface area contributed by atoms with E-state index in [0.717, 1.165) is 18.5 Å². The number of halogens is 2. The van der Waals surface area contributed by atoms with Crippen LogP contribution >= 0.6 is 23.2 Å². The van der Waals surface area contributed by atoms with E-state index in [1.807, 2.05) is 6.07 Å². The van der Waals surface area contributed by atoms with Gasteiger partial charge in [-0.3, -0.25) is 0 Å². The van der Waals surface area contributed by atoms with Gasteiger partial charge in [0.05, 0.1) is 5.69 Å². The molecule has 0 saturated carbocycles. The Bertz CT molecular complexity index is 615. The van der Waals surface area contributed by atoms with Crippen molar-refractivity contribution in [2.45, 2.75) is 25.8 Å². The number of aryl methyl sites for hydroxylation is 1. The quantitative estimate of drug-likeness (QED) is 0.787. The molecule has 2 aromatic rings. The SMILES string of the molecule is CC1CCc2ccccc2N1c1cc(Cl)nnc1Cl. The summed E-state index contributed by atoms with van der Waals surface area (Å²) >= 11 is 12.1. The number of para-hydroxylation sites is 1. The van der Waals surface area contributed by atoms with Gasteiger partial charge in [0, 0.05) is 17.8 Å². The van der Waals surface area contributed by atoms with Gasteiger partial charge in [0.15, 0.2) is 10.3 Å². The van der Waals surface area contributed by atoms with Gasteiger partial charge in [-0.25, -0.2) is 0 Å². The van der Waals surface area contributed by atoms with Gasteiger partial charge in [-0.1, -0.05) is 41.4 Å². The van der Waals surface area contributed by atoms with Crippen LogP contribution in [0.2, 0.25) is 10.3 Å². The van der Waals surface area contributed by atoms with E-state index < -0.39 is 0 Å². The average Bonchev–Trinajstić information content (AvgIpc) is 2.42. The lowest BCUT2D eigenvalue weighted by molar-refractivity contribution is 0.617. The smallest absolute Gasteiger partial charge is 0.175 e. The molecule has 1 aliphatic rings.